The highest BCUT2D eigenvalue weighted by atomic mass is 16.5. The van der Waals surface area contributed by atoms with Crippen LogP contribution in [0.15, 0.2) is 6.33 Å². The molecule has 23 heavy (non-hydrogen) atoms. The van der Waals surface area contributed by atoms with Gasteiger partial charge in [0.2, 0.25) is 0 Å². The van der Waals surface area contributed by atoms with Crippen molar-refractivity contribution in [3.63, 3.8) is 0 Å². The average Bonchev–Trinajstić information content (AvgIpc) is 2.52. The fourth-order valence-electron chi connectivity index (χ4n) is 2.22. The first-order valence-corrected chi connectivity index (χ1v) is 8.13. The maximum absolute atomic E-state index is 6.12. The molecular formula is C15H29N7O. The molecule has 8 heteroatoms. The van der Waals surface area contributed by atoms with Crippen LogP contribution in [-0.2, 0) is 4.74 Å². The molecule has 2 heterocycles. The molecule has 5 N–H and O–H groups in total. The molecule has 0 radical (unpaired) electrons. The van der Waals surface area contributed by atoms with E-state index in [-0.39, 0.29) is 5.54 Å². The van der Waals surface area contributed by atoms with Gasteiger partial charge in [0.05, 0.1) is 13.2 Å². The van der Waals surface area contributed by atoms with Gasteiger partial charge in [-0.25, -0.2) is 15.4 Å². The summed E-state index contributed by atoms with van der Waals surface area (Å²) in [5.41, 5.74) is 12.8. The van der Waals surface area contributed by atoms with Crippen molar-refractivity contribution in [2.45, 2.75) is 32.7 Å². The highest BCUT2D eigenvalue weighted by Gasteiger charge is 2.13. The van der Waals surface area contributed by atoms with E-state index in [1.807, 2.05) is 0 Å². The minimum Gasteiger partial charge on any atom is -0.393 e. The van der Waals surface area contributed by atoms with Gasteiger partial charge in [-0.05, 0) is 33.7 Å². The predicted octanol–water partition coefficient (Wildman–Crippen LogP) is 0.908. The summed E-state index contributed by atoms with van der Waals surface area (Å²) in [5, 5.41) is 3.29. The number of nitrogens with two attached hydrogens (primary N) is 1. The maximum atomic E-state index is 6.12. The quantitative estimate of drug-likeness (QED) is 0.434. The minimum absolute atomic E-state index is 0.0802. The van der Waals surface area contributed by atoms with E-state index in [2.05, 4.69) is 51.8 Å². The second kappa shape index (κ2) is 8.28. The largest absolute Gasteiger partial charge is 0.393 e. The third kappa shape index (κ3) is 6.17. The summed E-state index contributed by atoms with van der Waals surface area (Å²) in [6, 6.07) is 0. The normalized spacial score (nSPS) is 16.3. The topological polar surface area (TPSA) is 100 Å². The zero-order chi connectivity index (χ0) is 16.7. The highest BCUT2D eigenvalue weighted by Crippen LogP contribution is 2.22. The Morgan fingerprint density at radius 1 is 1.22 bits per heavy atom. The van der Waals surface area contributed by atoms with Gasteiger partial charge in [0.15, 0.2) is 11.6 Å². The molecule has 1 aliphatic rings. The molecule has 0 saturated carbocycles. The molecule has 0 aromatic carbocycles. The smallest absolute Gasteiger partial charge is 0.169 e. The lowest BCUT2D eigenvalue weighted by atomic mass is 10.1. The number of nitrogen functional groups attached to an aromatic ring is 1. The van der Waals surface area contributed by atoms with E-state index in [9.17, 15) is 0 Å². The van der Waals surface area contributed by atoms with E-state index in [4.69, 9.17) is 10.5 Å². The number of ether oxygens (including phenoxy) is 1. The summed E-state index contributed by atoms with van der Waals surface area (Å²) in [6.07, 6.45) is 2.54. The SMILES string of the molecule is CC(C)(C)NNc1ncnc(NCCCN2CCOCC2)c1N. The summed E-state index contributed by atoms with van der Waals surface area (Å²) in [6.45, 7) is 11.8. The van der Waals surface area contributed by atoms with Crippen molar-refractivity contribution in [2.24, 2.45) is 0 Å². The van der Waals surface area contributed by atoms with Crippen molar-refractivity contribution in [3.05, 3.63) is 6.33 Å². The maximum Gasteiger partial charge on any atom is 0.169 e. The second-order valence-corrected chi connectivity index (χ2v) is 6.72. The van der Waals surface area contributed by atoms with E-state index < -0.39 is 0 Å². The third-order valence-corrected chi connectivity index (χ3v) is 3.49. The van der Waals surface area contributed by atoms with E-state index >= 15 is 0 Å². The van der Waals surface area contributed by atoms with Crippen LogP contribution in [0.4, 0.5) is 17.3 Å². The van der Waals surface area contributed by atoms with Crippen molar-refractivity contribution >= 4 is 17.3 Å². The van der Waals surface area contributed by atoms with Gasteiger partial charge >= 0.3 is 0 Å². The van der Waals surface area contributed by atoms with Crippen molar-refractivity contribution in [1.29, 1.82) is 0 Å². The molecule has 1 aromatic rings. The van der Waals surface area contributed by atoms with Gasteiger partial charge in [0.1, 0.15) is 12.0 Å². The fraction of sp³-hybridized carbons (Fsp3) is 0.733. The minimum atomic E-state index is -0.0802. The van der Waals surface area contributed by atoms with Gasteiger partial charge in [-0.1, -0.05) is 0 Å². The lowest BCUT2D eigenvalue weighted by molar-refractivity contribution is 0.0378. The van der Waals surface area contributed by atoms with E-state index in [1.54, 1.807) is 0 Å². The standard InChI is InChI=1S/C15H29N7O/c1-15(2,3)21-20-14-12(16)13(18-11-19-14)17-5-4-6-22-7-9-23-10-8-22/h11,21H,4-10,16H2,1-3H3,(H2,17,18,19,20). The molecule has 2 rings (SSSR count). The zero-order valence-corrected chi connectivity index (χ0v) is 14.4. The molecule has 1 aliphatic heterocycles. The van der Waals surface area contributed by atoms with Crippen LogP contribution in [0.1, 0.15) is 27.2 Å². The molecule has 0 spiro atoms. The number of nitrogens with zero attached hydrogens (tertiary/aromatic N) is 3. The Balaban J connectivity index is 1.78. The Morgan fingerprint density at radius 3 is 2.61 bits per heavy atom. The van der Waals surface area contributed by atoms with Gasteiger partial charge in [-0.15, -0.1) is 0 Å². The number of hydrogen-bond donors (Lipinski definition) is 4. The summed E-state index contributed by atoms with van der Waals surface area (Å²) >= 11 is 0. The van der Waals surface area contributed by atoms with Crippen LogP contribution in [0, 0.1) is 0 Å². The van der Waals surface area contributed by atoms with Gasteiger partial charge in [0.25, 0.3) is 0 Å². The third-order valence-electron chi connectivity index (χ3n) is 3.49. The number of hydrogen-bond acceptors (Lipinski definition) is 8. The molecular weight excluding hydrogens is 294 g/mol. The summed E-state index contributed by atoms with van der Waals surface area (Å²) in [7, 11) is 0. The van der Waals surface area contributed by atoms with Gasteiger partial charge in [-0.3, -0.25) is 4.90 Å². The number of anilines is 3. The van der Waals surface area contributed by atoms with Crippen LogP contribution in [0.25, 0.3) is 0 Å². The Morgan fingerprint density at radius 2 is 1.91 bits per heavy atom. The first kappa shape index (κ1) is 17.7. The van der Waals surface area contributed by atoms with Crippen molar-refractivity contribution in [1.82, 2.24) is 20.3 Å². The summed E-state index contributed by atoms with van der Waals surface area (Å²) in [4.78, 5) is 10.8. The van der Waals surface area contributed by atoms with Crippen LogP contribution < -0.4 is 21.9 Å². The van der Waals surface area contributed by atoms with E-state index in [1.165, 1.54) is 6.33 Å². The highest BCUT2D eigenvalue weighted by molar-refractivity contribution is 5.73. The molecule has 0 amide bonds. The predicted molar refractivity (Wildman–Crippen MR) is 93.3 cm³/mol. The van der Waals surface area contributed by atoms with E-state index in [0.717, 1.165) is 45.8 Å². The zero-order valence-electron chi connectivity index (χ0n) is 14.4. The lowest BCUT2D eigenvalue weighted by Crippen LogP contribution is -2.40. The molecule has 1 aromatic heterocycles. The monoisotopic (exact) mass is 323 g/mol. The molecule has 0 atom stereocenters. The van der Waals surface area contributed by atoms with Gasteiger partial charge < -0.3 is 21.2 Å². The van der Waals surface area contributed by atoms with Crippen molar-refractivity contribution in [3.8, 4) is 0 Å². The van der Waals surface area contributed by atoms with Gasteiger partial charge in [-0.2, -0.15) is 0 Å². The van der Waals surface area contributed by atoms with Crippen LogP contribution in [0.5, 0.6) is 0 Å². The Kier molecular flexibility index (Phi) is 6.37. The lowest BCUT2D eigenvalue weighted by Gasteiger charge is -2.26. The number of nitrogens with one attached hydrogen (secondary N) is 3. The van der Waals surface area contributed by atoms with Crippen LogP contribution in [0.2, 0.25) is 0 Å². The summed E-state index contributed by atoms with van der Waals surface area (Å²) in [5.74, 6) is 1.26. The van der Waals surface area contributed by atoms with Crippen LogP contribution in [0.3, 0.4) is 0 Å². The average molecular weight is 323 g/mol. The fourth-order valence-corrected chi connectivity index (χ4v) is 2.22. The van der Waals surface area contributed by atoms with Crippen LogP contribution >= 0.6 is 0 Å². The summed E-state index contributed by atoms with van der Waals surface area (Å²) < 4.78 is 5.35. The number of hydrazine groups is 1. The van der Waals surface area contributed by atoms with Crippen molar-refractivity contribution < 1.29 is 4.74 Å². The Bertz CT molecular complexity index is 483. The molecule has 0 aliphatic carbocycles. The number of morpholine rings is 1. The Hall–Kier alpha value is -1.64. The van der Waals surface area contributed by atoms with Crippen LogP contribution in [-0.4, -0.2) is 59.8 Å². The van der Waals surface area contributed by atoms with Crippen molar-refractivity contribution in [2.75, 3.05) is 55.9 Å². The molecule has 0 bridgehead atoms. The Labute approximate surface area is 138 Å². The number of rotatable bonds is 7. The van der Waals surface area contributed by atoms with E-state index in [0.29, 0.717) is 17.3 Å². The molecule has 8 nitrogen and oxygen atoms in total. The molecule has 130 valence electrons. The first-order chi connectivity index (χ1) is 11.0. The van der Waals surface area contributed by atoms with Gasteiger partial charge in [0, 0.05) is 25.2 Å². The first-order valence-electron chi connectivity index (χ1n) is 8.13. The molecule has 0 unspecified atom stereocenters. The second-order valence-electron chi connectivity index (χ2n) is 6.72. The molecule has 1 fully saturated rings. The molecule has 1 saturated heterocycles. The number of aromatic nitrogens is 2.